The van der Waals surface area contributed by atoms with Gasteiger partial charge in [-0.2, -0.15) is 0 Å². The molecule has 7 nitrogen and oxygen atoms in total. The first-order valence-electron chi connectivity index (χ1n) is 7.12. The predicted octanol–water partition coefficient (Wildman–Crippen LogP) is 1.67. The first-order chi connectivity index (χ1) is 10.3. The topological polar surface area (TPSA) is 94.7 Å². The predicted molar refractivity (Wildman–Crippen MR) is 75.6 cm³/mol. The minimum absolute atomic E-state index is 0.216. The number of esters is 3. The van der Waals surface area contributed by atoms with E-state index in [0.717, 1.165) is 0 Å². The van der Waals surface area contributed by atoms with Gasteiger partial charge in [-0.25, -0.2) is 14.4 Å². The normalized spacial score (nSPS) is 20.6. The number of cyclic esters (lactones) is 1. The Kier molecular flexibility index (Phi) is 4.54. The molecule has 1 saturated heterocycles. The van der Waals surface area contributed by atoms with E-state index >= 15 is 0 Å². The highest BCUT2D eigenvalue weighted by Gasteiger charge is 2.36. The highest BCUT2D eigenvalue weighted by molar-refractivity contribution is 5.99. The second kappa shape index (κ2) is 6.21. The van der Waals surface area contributed by atoms with Gasteiger partial charge < -0.3 is 19.2 Å². The van der Waals surface area contributed by atoms with Gasteiger partial charge in [-0.15, -0.1) is 0 Å². The Hall–Kier alpha value is -2.31. The molecule has 0 bridgehead atoms. The van der Waals surface area contributed by atoms with Crippen molar-refractivity contribution in [1.82, 2.24) is 4.98 Å². The van der Waals surface area contributed by atoms with Crippen LogP contribution in [0, 0.1) is 13.8 Å². The van der Waals surface area contributed by atoms with Gasteiger partial charge in [0.15, 0.2) is 0 Å². The summed E-state index contributed by atoms with van der Waals surface area (Å²) >= 11 is 0. The van der Waals surface area contributed by atoms with Crippen molar-refractivity contribution in [2.24, 2.45) is 0 Å². The number of rotatable bonds is 4. The van der Waals surface area contributed by atoms with Gasteiger partial charge in [0.1, 0.15) is 11.8 Å². The molecule has 0 aliphatic carbocycles. The molecule has 1 aliphatic rings. The number of ether oxygens (including phenoxy) is 3. The fourth-order valence-electron chi connectivity index (χ4n) is 2.47. The maximum atomic E-state index is 12.3. The first kappa shape index (κ1) is 16.1. The SMILES string of the molecule is CCOC(=O)c1[nH]c(C)c(C(=O)O[C@H]2C[C@H](C)OC2=O)c1C. The summed E-state index contributed by atoms with van der Waals surface area (Å²) in [5.74, 6) is -1.73. The van der Waals surface area contributed by atoms with Crippen molar-refractivity contribution in [1.29, 1.82) is 0 Å². The van der Waals surface area contributed by atoms with Gasteiger partial charge in [-0.3, -0.25) is 0 Å². The molecule has 1 aromatic rings. The lowest BCUT2D eigenvalue weighted by molar-refractivity contribution is -0.147. The van der Waals surface area contributed by atoms with Crippen LogP contribution < -0.4 is 0 Å². The molecular formula is C15H19NO6. The maximum absolute atomic E-state index is 12.3. The molecule has 1 aliphatic heterocycles. The molecule has 2 atom stereocenters. The zero-order valence-corrected chi connectivity index (χ0v) is 13.0. The molecule has 2 rings (SSSR count). The second-order valence-corrected chi connectivity index (χ2v) is 5.22. The Morgan fingerprint density at radius 3 is 2.55 bits per heavy atom. The molecule has 22 heavy (non-hydrogen) atoms. The highest BCUT2D eigenvalue weighted by Crippen LogP contribution is 2.23. The smallest absolute Gasteiger partial charge is 0.355 e. The molecule has 120 valence electrons. The monoisotopic (exact) mass is 309 g/mol. The summed E-state index contributed by atoms with van der Waals surface area (Å²) in [7, 11) is 0. The molecule has 0 radical (unpaired) electrons. The van der Waals surface area contributed by atoms with Crippen LogP contribution in [-0.2, 0) is 19.0 Å². The third-order valence-corrected chi connectivity index (χ3v) is 3.50. The standard InChI is InChI=1S/C15H19NO6/c1-5-20-15(19)12-8(3)11(9(4)16-12)14(18)22-10-6-7(2)21-13(10)17/h7,10,16H,5-6H2,1-4H3/t7-,10-/m0/s1. The van der Waals surface area contributed by atoms with Crippen LogP contribution in [0.4, 0.5) is 0 Å². The van der Waals surface area contributed by atoms with E-state index in [1.807, 2.05) is 0 Å². The summed E-state index contributed by atoms with van der Waals surface area (Å²) in [5, 5.41) is 0. The summed E-state index contributed by atoms with van der Waals surface area (Å²) < 4.78 is 15.1. The van der Waals surface area contributed by atoms with Crippen LogP contribution in [0.5, 0.6) is 0 Å². The van der Waals surface area contributed by atoms with Crippen LogP contribution in [0.2, 0.25) is 0 Å². The van der Waals surface area contributed by atoms with Crippen LogP contribution in [0.15, 0.2) is 0 Å². The maximum Gasteiger partial charge on any atom is 0.355 e. The molecule has 2 heterocycles. The molecule has 0 aromatic carbocycles. The van der Waals surface area contributed by atoms with E-state index in [9.17, 15) is 14.4 Å². The van der Waals surface area contributed by atoms with Gasteiger partial charge in [0, 0.05) is 12.1 Å². The molecule has 1 N–H and O–H groups in total. The van der Waals surface area contributed by atoms with E-state index in [0.29, 0.717) is 17.7 Å². The van der Waals surface area contributed by atoms with Crippen molar-refractivity contribution < 1.29 is 28.6 Å². The number of carbonyl (C=O) groups is 3. The molecule has 1 aromatic heterocycles. The Balaban J connectivity index is 2.20. The summed E-state index contributed by atoms with van der Waals surface area (Å²) in [4.78, 5) is 38.5. The number of aryl methyl sites for hydroxylation is 1. The molecule has 0 spiro atoms. The van der Waals surface area contributed by atoms with Crippen LogP contribution in [0.3, 0.4) is 0 Å². The fourth-order valence-corrected chi connectivity index (χ4v) is 2.47. The van der Waals surface area contributed by atoms with Crippen molar-refractivity contribution in [2.45, 2.75) is 46.3 Å². The van der Waals surface area contributed by atoms with Crippen LogP contribution in [-0.4, -0.2) is 41.7 Å². The Bertz CT molecular complexity index is 618. The van der Waals surface area contributed by atoms with E-state index in [4.69, 9.17) is 14.2 Å². The zero-order chi connectivity index (χ0) is 16.4. The molecule has 7 heteroatoms. The first-order valence-corrected chi connectivity index (χ1v) is 7.12. The molecule has 0 unspecified atom stereocenters. The molecular weight excluding hydrogens is 290 g/mol. The Labute approximate surface area is 127 Å². The van der Waals surface area contributed by atoms with E-state index in [1.165, 1.54) is 0 Å². The lowest BCUT2D eigenvalue weighted by Gasteiger charge is -2.09. The van der Waals surface area contributed by atoms with E-state index < -0.39 is 24.0 Å². The van der Waals surface area contributed by atoms with Crippen molar-refractivity contribution in [3.05, 3.63) is 22.5 Å². The zero-order valence-electron chi connectivity index (χ0n) is 13.0. The third-order valence-electron chi connectivity index (χ3n) is 3.50. The quantitative estimate of drug-likeness (QED) is 0.671. The van der Waals surface area contributed by atoms with Crippen molar-refractivity contribution in [3.63, 3.8) is 0 Å². The molecule has 0 amide bonds. The van der Waals surface area contributed by atoms with E-state index in [2.05, 4.69) is 4.98 Å². The number of aromatic amines is 1. The number of carbonyl (C=O) groups excluding carboxylic acids is 3. The Morgan fingerprint density at radius 2 is 2.00 bits per heavy atom. The van der Waals surface area contributed by atoms with Crippen molar-refractivity contribution in [2.75, 3.05) is 6.61 Å². The minimum atomic E-state index is -0.901. The Morgan fingerprint density at radius 1 is 1.32 bits per heavy atom. The lowest BCUT2D eigenvalue weighted by atomic mass is 10.1. The van der Waals surface area contributed by atoms with Crippen LogP contribution in [0.1, 0.15) is 52.4 Å². The average Bonchev–Trinajstić information content (AvgIpc) is 2.89. The van der Waals surface area contributed by atoms with Crippen molar-refractivity contribution >= 4 is 17.9 Å². The van der Waals surface area contributed by atoms with Gasteiger partial charge in [-0.05, 0) is 33.3 Å². The van der Waals surface area contributed by atoms with Crippen LogP contribution in [0.25, 0.3) is 0 Å². The van der Waals surface area contributed by atoms with E-state index in [1.54, 1.807) is 27.7 Å². The number of H-pyrrole nitrogens is 1. The largest absolute Gasteiger partial charge is 0.461 e. The summed E-state index contributed by atoms with van der Waals surface area (Å²) in [6.45, 7) is 6.95. The number of hydrogen-bond acceptors (Lipinski definition) is 6. The fraction of sp³-hybridized carbons (Fsp3) is 0.533. The van der Waals surface area contributed by atoms with Gasteiger partial charge in [0.25, 0.3) is 0 Å². The van der Waals surface area contributed by atoms with Gasteiger partial charge >= 0.3 is 17.9 Å². The van der Waals surface area contributed by atoms with Gasteiger partial charge in [0.05, 0.1) is 12.2 Å². The summed E-state index contributed by atoms with van der Waals surface area (Å²) in [6, 6.07) is 0. The highest BCUT2D eigenvalue weighted by atomic mass is 16.6. The second-order valence-electron chi connectivity index (χ2n) is 5.22. The van der Waals surface area contributed by atoms with Crippen LogP contribution >= 0.6 is 0 Å². The average molecular weight is 309 g/mol. The third kappa shape index (κ3) is 2.98. The van der Waals surface area contributed by atoms with Crippen molar-refractivity contribution in [3.8, 4) is 0 Å². The molecule has 0 saturated carbocycles. The van der Waals surface area contributed by atoms with Gasteiger partial charge in [0.2, 0.25) is 6.10 Å². The number of nitrogens with one attached hydrogen (secondary N) is 1. The molecule has 1 fully saturated rings. The lowest BCUT2D eigenvalue weighted by Crippen LogP contribution is -2.23. The number of hydrogen-bond donors (Lipinski definition) is 1. The van der Waals surface area contributed by atoms with E-state index in [-0.39, 0.29) is 24.0 Å². The summed E-state index contributed by atoms with van der Waals surface area (Å²) in [5.41, 5.74) is 1.40. The summed E-state index contributed by atoms with van der Waals surface area (Å²) in [6.07, 6.45) is -0.839. The minimum Gasteiger partial charge on any atom is -0.461 e. The number of aromatic nitrogens is 1. The van der Waals surface area contributed by atoms with Gasteiger partial charge in [-0.1, -0.05) is 0 Å².